The van der Waals surface area contributed by atoms with Gasteiger partial charge in [0.2, 0.25) is 0 Å². The van der Waals surface area contributed by atoms with Crippen LogP contribution >= 0.6 is 11.8 Å². The Labute approximate surface area is 107 Å². The second-order valence-electron chi connectivity index (χ2n) is 5.13. The summed E-state index contributed by atoms with van der Waals surface area (Å²) in [4.78, 5) is 11.7. The molecule has 4 atom stereocenters. The van der Waals surface area contributed by atoms with Crippen molar-refractivity contribution >= 4 is 17.8 Å². The fraction of sp³-hybridized carbons (Fsp3) is 0.917. The van der Waals surface area contributed by atoms with Crippen LogP contribution in [0.5, 0.6) is 0 Å². The molecule has 2 bridgehead atoms. The van der Waals surface area contributed by atoms with Crippen molar-refractivity contribution in [3.63, 3.8) is 0 Å². The van der Waals surface area contributed by atoms with Gasteiger partial charge in [0, 0.05) is 6.54 Å². The van der Waals surface area contributed by atoms with Crippen LogP contribution in [0.15, 0.2) is 0 Å². The lowest BCUT2D eigenvalue weighted by Crippen LogP contribution is -2.47. The van der Waals surface area contributed by atoms with E-state index in [-0.39, 0.29) is 18.2 Å². The molecule has 98 valence electrons. The molecule has 2 N–H and O–H groups in total. The third-order valence-corrected chi connectivity index (χ3v) is 4.39. The summed E-state index contributed by atoms with van der Waals surface area (Å²) < 4.78 is 5.70. The smallest absolute Gasteiger partial charge is 0.315 e. The van der Waals surface area contributed by atoms with E-state index >= 15 is 0 Å². The second kappa shape index (κ2) is 5.96. The first-order valence-electron chi connectivity index (χ1n) is 6.37. The Morgan fingerprint density at radius 3 is 2.94 bits per heavy atom. The lowest BCUT2D eigenvalue weighted by molar-refractivity contribution is 0.0981. The minimum Gasteiger partial charge on any atom is -0.373 e. The molecule has 2 heterocycles. The summed E-state index contributed by atoms with van der Waals surface area (Å²) in [6.07, 6.45) is 5.98. The Hall–Kier alpha value is -0.420. The van der Waals surface area contributed by atoms with E-state index in [9.17, 15) is 4.79 Å². The zero-order valence-electron chi connectivity index (χ0n) is 10.6. The summed E-state index contributed by atoms with van der Waals surface area (Å²) in [6.45, 7) is 2.89. The predicted molar refractivity (Wildman–Crippen MR) is 70.4 cm³/mol. The monoisotopic (exact) mass is 258 g/mol. The minimum absolute atomic E-state index is 0.0425. The van der Waals surface area contributed by atoms with Crippen LogP contribution in [0.1, 0.15) is 26.2 Å². The van der Waals surface area contributed by atoms with Crippen LogP contribution in [-0.2, 0) is 4.74 Å². The van der Waals surface area contributed by atoms with Crippen LogP contribution in [-0.4, -0.2) is 42.8 Å². The van der Waals surface area contributed by atoms with Gasteiger partial charge in [0.05, 0.1) is 18.2 Å². The number of nitrogens with one attached hydrogen (secondary N) is 2. The molecule has 0 radical (unpaired) electrons. The molecule has 17 heavy (non-hydrogen) atoms. The number of ether oxygens (including phenoxy) is 1. The predicted octanol–water partition coefficient (Wildman–Crippen LogP) is 1.60. The van der Waals surface area contributed by atoms with Crippen molar-refractivity contribution in [1.29, 1.82) is 0 Å². The molecule has 0 aromatic carbocycles. The number of urea groups is 1. The Morgan fingerprint density at radius 2 is 2.35 bits per heavy atom. The Bertz CT molecular complexity index is 275. The summed E-state index contributed by atoms with van der Waals surface area (Å²) in [6, 6.07) is 0.184. The maximum Gasteiger partial charge on any atom is 0.315 e. The van der Waals surface area contributed by atoms with Gasteiger partial charge in [0.15, 0.2) is 0 Å². The third kappa shape index (κ3) is 3.52. The number of amides is 2. The number of rotatable bonds is 5. The SMILES string of the molecule is CSC[C@H](C)CNC(=O)N[C@H]1C[C@H]2CC[C@H]1O2. The van der Waals surface area contributed by atoms with Crippen LogP contribution in [0.25, 0.3) is 0 Å². The van der Waals surface area contributed by atoms with E-state index in [0.29, 0.717) is 12.0 Å². The van der Waals surface area contributed by atoms with Crippen LogP contribution in [0, 0.1) is 5.92 Å². The second-order valence-corrected chi connectivity index (χ2v) is 6.04. The maximum atomic E-state index is 11.7. The van der Waals surface area contributed by atoms with Gasteiger partial charge < -0.3 is 15.4 Å². The van der Waals surface area contributed by atoms with Crippen molar-refractivity contribution in [2.24, 2.45) is 5.92 Å². The van der Waals surface area contributed by atoms with Gasteiger partial charge in [0.25, 0.3) is 0 Å². The highest BCUT2D eigenvalue weighted by Crippen LogP contribution is 2.34. The van der Waals surface area contributed by atoms with Crippen molar-refractivity contribution in [3.05, 3.63) is 0 Å². The van der Waals surface area contributed by atoms with Crippen molar-refractivity contribution < 1.29 is 9.53 Å². The van der Waals surface area contributed by atoms with Gasteiger partial charge in [-0.25, -0.2) is 4.79 Å². The summed E-state index contributed by atoms with van der Waals surface area (Å²) >= 11 is 1.81. The molecule has 0 aliphatic carbocycles. The number of hydrogen-bond donors (Lipinski definition) is 2. The highest BCUT2D eigenvalue weighted by molar-refractivity contribution is 7.98. The molecular formula is C12H22N2O2S. The average molecular weight is 258 g/mol. The molecule has 0 unspecified atom stereocenters. The topological polar surface area (TPSA) is 50.4 Å². The average Bonchev–Trinajstić information content (AvgIpc) is 2.88. The van der Waals surface area contributed by atoms with Gasteiger partial charge in [-0.05, 0) is 37.2 Å². The van der Waals surface area contributed by atoms with E-state index in [1.807, 2.05) is 11.8 Å². The zero-order valence-corrected chi connectivity index (χ0v) is 11.4. The van der Waals surface area contributed by atoms with Gasteiger partial charge in [-0.3, -0.25) is 0 Å². The molecule has 5 heteroatoms. The zero-order chi connectivity index (χ0) is 12.3. The molecule has 4 nitrogen and oxygen atoms in total. The van der Waals surface area contributed by atoms with Crippen LogP contribution in [0.2, 0.25) is 0 Å². The lowest BCUT2D eigenvalue weighted by atomic mass is 9.96. The quantitative estimate of drug-likeness (QED) is 0.787. The van der Waals surface area contributed by atoms with Gasteiger partial charge in [-0.15, -0.1) is 0 Å². The maximum absolute atomic E-state index is 11.7. The molecule has 2 rings (SSSR count). The van der Waals surface area contributed by atoms with E-state index < -0.39 is 0 Å². The van der Waals surface area contributed by atoms with E-state index in [1.54, 1.807) is 0 Å². The van der Waals surface area contributed by atoms with Crippen LogP contribution in [0.3, 0.4) is 0 Å². The van der Waals surface area contributed by atoms with Gasteiger partial charge in [0.1, 0.15) is 0 Å². The first-order valence-corrected chi connectivity index (χ1v) is 7.77. The van der Waals surface area contributed by atoms with Crippen molar-refractivity contribution in [2.75, 3.05) is 18.6 Å². The first kappa shape index (κ1) is 13.0. The molecule has 2 aliphatic rings. The molecule has 2 saturated heterocycles. The third-order valence-electron chi connectivity index (χ3n) is 3.48. The minimum atomic E-state index is -0.0425. The number of carbonyl (C=O) groups is 1. The summed E-state index contributed by atoms with van der Waals surface area (Å²) in [5.74, 6) is 1.60. The number of carbonyl (C=O) groups excluding carboxylic acids is 1. The standard InChI is InChI=1S/C12H22N2O2S/c1-8(7-17-2)6-13-12(15)14-10-5-9-3-4-11(10)16-9/h8-11H,3-7H2,1-2H3,(H2,13,14,15)/t8-,9-,10+,11-/m1/s1. The van der Waals surface area contributed by atoms with E-state index in [0.717, 1.165) is 31.6 Å². The summed E-state index contributed by atoms with van der Waals surface area (Å²) in [5, 5.41) is 5.96. The fourth-order valence-corrected chi connectivity index (χ4v) is 3.31. The number of fused-ring (bicyclic) bond motifs is 2. The van der Waals surface area contributed by atoms with E-state index in [2.05, 4.69) is 23.8 Å². The van der Waals surface area contributed by atoms with Crippen molar-refractivity contribution in [1.82, 2.24) is 10.6 Å². The normalized spacial score (nSPS) is 32.5. The number of thioether (sulfide) groups is 1. The van der Waals surface area contributed by atoms with Gasteiger partial charge >= 0.3 is 6.03 Å². The Kier molecular flexibility index (Phi) is 4.56. The molecule has 2 aliphatic heterocycles. The fourth-order valence-electron chi connectivity index (χ4n) is 2.62. The van der Waals surface area contributed by atoms with Crippen molar-refractivity contribution in [3.8, 4) is 0 Å². The lowest BCUT2D eigenvalue weighted by Gasteiger charge is -2.21. The van der Waals surface area contributed by atoms with E-state index in [1.165, 1.54) is 0 Å². The van der Waals surface area contributed by atoms with Crippen molar-refractivity contribution in [2.45, 2.75) is 44.4 Å². The Balaban J connectivity index is 1.64. The molecule has 2 fully saturated rings. The first-order chi connectivity index (χ1) is 8.19. The molecule has 0 saturated carbocycles. The van der Waals surface area contributed by atoms with Crippen LogP contribution < -0.4 is 10.6 Å². The molecular weight excluding hydrogens is 236 g/mol. The summed E-state index contributed by atoms with van der Waals surface area (Å²) in [5.41, 5.74) is 0. The van der Waals surface area contributed by atoms with E-state index in [4.69, 9.17) is 4.74 Å². The largest absolute Gasteiger partial charge is 0.373 e. The van der Waals surface area contributed by atoms with Gasteiger partial charge in [-0.1, -0.05) is 6.92 Å². The molecule has 0 spiro atoms. The summed E-state index contributed by atoms with van der Waals surface area (Å²) in [7, 11) is 0. The molecule has 2 amide bonds. The molecule has 0 aromatic heterocycles. The highest BCUT2D eigenvalue weighted by atomic mass is 32.2. The highest BCUT2D eigenvalue weighted by Gasteiger charge is 2.41. The molecule has 0 aromatic rings. The number of hydrogen-bond acceptors (Lipinski definition) is 3. The van der Waals surface area contributed by atoms with Crippen LogP contribution in [0.4, 0.5) is 4.79 Å². The Morgan fingerprint density at radius 1 is 1.53 bits per heavy atom. The van der Waals surface area contributed by atoms with Gasteiger partial charge in [-0.2, -0.15) is 11.8 Å².